The number of anilines is 1. The molecule has 4 N–H and O–H groups in total. The first-order chi connectivity index (χ1) is 16.5. The molecule has 0 spiro atoms. The standard InChI is InChI=1S/C28H33N5O/c29-20-10-14-33(17-20)26-21-5-1-2-6-23(21)32-24-8-7-18(15-22(24)26)19-9-13-31-25(16-19)28(27(30)34)11-3-4-12-28/h7-9,13,15-16,20H,1-6,10-12,14,17,29H2,(H2,30,34)/t20-/m0/s1. The zero-order valence-corrected chi connectivity index (χ0v) is 19.7. The maximum Gasteiger partial charge on any atom is 0.229 e. The van der Waals surface area contributed by atoms with Crippen molar-refractivity contribution in [3.63, 3.8) is 0 Å². The van der Waals surface area contributed by atoms with Crippen LogP contribution in [0.3, 0.4) is 0 Å². The summed E-state index contributed by atoms with van der Waals surface area (Å²) >= 11 is 0. The highest BCUT2D eigenvalue weighted by atomic mass is 16.1. The third-order valence-corrected chi connectivity index (χ3v) is 8.28. The van der Waals surface area contributed by atoms with Gasteiger partial charge in [0, 0.05) is 36.4 Å². The van der Waals surface area contributed by atoms with Crippen molar-refractivity contribution in [1.29, 1.82) is 0 Å². The van der Waals surface area contributed by atoms with Gasteiger partial charge in [0.15, 0.2) is 0 Å². The first kappa shape index (κ1) is 21.5. The predicted octanol–water partition coefficient (Wildman–Crippen LogP) is 4.01. The number of carbonyl (C=O) groups is 1. The van der Waals surface area contributed by atoms with Crippen LogP contribution in [-0.4, -0.2) is 35.0 Å². The summed E-state index contributed by atoms with van der Waals surface area (Å²) in [6.07, 6.45) is 11.0. The largest absolute Gasteiger partial charge is 0.369 e. The Morgan fingerprint density at radius 1 is 1.03 bits per heavy atom. The number of hydrogen-bond donors (Lipinski definition) is 2. The van der Waals surface area contributed by atoms with Crippen LogP contribution in [0.15, 0.2) is 36.5 Å². The molecule has 34 heavy (non-hydrogen) atoms. The molecule has 3 heterocycles. The Balaban J connectivity index is 1.49. The third-order valence-electron chi connectivity index (χ3n) is 8.28. The van der Waals surface area contributed by atoms with Gasteiger partial charge in [-0.1, -0.05) is 18.9 Å². The average molecular weight is 456 g/mol. The minimum atomic E-state index is -0.635. The molecule has 1 saturated heterocycles. The molecule has 2 aromatic heterocycles. The van der Waals surface area contributed by atoms with E-state index in [4.69, 9.17) is 16.5 Å². The summed E-state index contributed by atoms with van der Waals surface area (Å²) < 4.78 is 0. The molecule has 1 saturated carbocycles. The number of pyridine rings is 2. The van der Waals surface area contributed by atoms with E-state index in [2.05, 4.69) is 34.1 Å². The van der Waals surface area contributed by atoms with E-state index in [9.17, 15) is 4.79 Å². The Morgan fingerprint density at radius 3 is 2.59 bits per heavy atom. The van der Waals surface area contributed by atoms with Crippen molar-refractivity contribution in [3.8, 4) is 11.1 Å². The number of benzene rings is 1. The summed E-state index contributed by atoms with van der Waals surface area (Å²) in [4.78, 5) is 24.6. The summed E-state index contributed by atoms with van der Waals surface area (Å²) in [6, 6.07) is 10.9. The zero-order chi connectivity index (χ0) is 23.3. The van der Waals surface area contributed by atoms with Crippen molar-refractivity contribution in [3.05, 3.63) is 53.5 Å². The molecule has 0 unspecified atom stereocenters. The minimum Gasteiger partial charge on any atom is -0.369 e. The highest BCUT2D eigenvalue weighted by Crippen LogP contribution is 2.42. The van der Waals surface area contributed by atoms with Crippen molar-refractivity contribution in [2.45, 2.75) is 69.2 Å². The number of nitrogens with two attached hydrogens (primary N) is 2. The molecule has 0 radical (unpaired) electrons. The minimum absolute atomic E-state index is 0.227. The molecule has 1 atom stereocenters. The Hall–Kier alpha value is -2.99. The molecule has 1 aromatic carbocycles. The highest BCUT2D eigenvalue weighted by molar-refractivity contribution is 5.97. The molecule has 1 aliphatic heterocycles. The van der Waals surface area contributed by atoms with Crippen molar-refractivity contribution in [2.24, 2.45) is 11.5 Å². The Kier molecular flexibility index (Phi) is 5.29. The SMILES string of the molecule is NC(=O)C1(c2cc(-c3ccc4nc5c(c(N6CC[C@H](N)C6)c4c3)CCCC5)ccn2)CCCC1. The molecular formula is C28H33N5O. The monoisotopic (exact) mass is 455 g/mol. The van der Waals surface area contributed by atoms with Crippen molar-refractivity contribution >= 4 is 22.5 Å². The van der Waals surface area contributed by atoms with Crippen LogP contribution in [-0.2, 0) is 23.1 Å². The lowest BCUT2D eigenvalue weighted by Gasteiger charge is -2.28. The van der Waals surface area contributed by atoms with E-state index >= 15 is 0 Å². The summed E-state index contributed by atoms with van der Waals surface area (Å²) in [5.74, 6) is -0.253. The smallest absolute Gasteiger partial charge is 0.229 e. The molecule has 1 amide bonds. The van der Waals surface area contributed by atoms with Crippen LogP contribution >= 0.6 is 0 Å². The summed E-state index contributed by atoms with van der Waals surface area (Å²) in [5, 5.41) is 1.20. The second-order valence-electron chi connectivity index (χ2n) is 10.4. The number of primary amides is 1. The maximum absolute atomic E-state index is 12.5. The molecule has 3 aromatic rings. The van der Waals surface area contributed by atoms with Crippen LogP contribution in [0.2, 0.25) is 0 Å². The molecule has 6 rings (SSSR count). The van der Waals surface area contributed by atoms with Crippen molar-refractivity contribution in [2.75, 3.05) is 18.0 Å². The lowest BCUT2D eigenvalue weighted by atomic mass is 9.80. The number of fused-ring (bicyclic) bond motifs is 2. The Bertz CT molecular complexity index is 1260. The van der Waals surface area contributed by atoms with Gasteiger partial charge in [0.1, 0.15) is 0 Å². The number of aromatic nitrogens is 2. The fraction of sp³-hybridized carbons (Fsp3) is 0.464. The molecule has 176 valence electrons. The maximum atomic E-state index is 12.5. The quantitative estimate of drug-likeness (QED) is 0.619. The van der Waals surface area contributed by atoms with Crippen LogP contribution in [0, 0.1) is 0 Å². The molecule has 2 aliphatic carbocycles. The van der Waals surface area contributed by atoms with Gasteiger partial charge in [-0.05, 0) is 85.9 Å². The van der Waals surface area contributed by atoms with Crippen LogP contribution in [0.5, 0.6) is 0 Å². The van der Waals surface area contributed by atoms with E-state index in [1.807, 2.05) is 12.3 Å². The van der Waals surface area contributed by atoms with Gasteiger partial charge in [0.25, 0.3) is 0 Å². The van der Waals surface area contributed by atoms with E-state index in [-0.39, 0.29) is 11.9 Å². The number of rotatable bonds is 4. The van der Waals surface area contributed by atoms with Crippen LogP contribution in [0.1, 0.15) is 61.9 Å². The first-order valence-corrected chi connectivity index (χ1v) is 12.8. The number of hydrogen-bond acceptors (Lipinski definition) is 5. The van der Waals surface area contributed by atoms with E-state index in [0.29, 0.717) is 0 Å². The topological polar surface area (TPSA) is 98.1 Å². The molecule has 3 aliphatic rings. The lowest BCUT2D eigenvalue weighted by Crippen LogP contribution is -2.39. The van der Waals surface area contributed by atoms with E-state index in [1.165, 1.54) is 35.2 Å². The highest BCUT2D eigenvalue weighted by Gasteiger charge is 2.42. The third kappa shape index (κ3) is 3.47. The fourth-order valence-electron chi connectivity index (χ4n) is 6.41. The van der Waals surface area contributed by atoms with Crippen molar-refractivity contribution < 1.29 is 4.79 Å². The van der Waals surface area contributed by atoms with Crippen LogP contribution < -0.4 is 16.4 Å². The van der Waals surface area contributed by atoms with E-state index in [1.54, 1.807) is 0 Å². The molecule has 6 heteroatoms. The molecule has 0 bridgehead atoms. The fourth-order valence-corrected chi connectivity index (χ4v) is 6.41. The average Bonchev–Trinajstić information content (AvgIpc) is 3.52. The number of amides is 1. The summed E-state index contributed by atoms with van der Waals surface area (Å²) in [7, 11) is 0. The van der Waals surface area contributed by atoms with Gasteiger partial charge < -0.3 is 16.4 Å². The zero-order valence-electron chi connectivity index (χ0n) is 19.7. The van der Waals surface area contributed by atoms with Gasteiger partial charge in [-0.15, -0.1) is 0 Å². The van der Waals surface area contributed by atoms with Crippen LogP contribution in [0.4, 0.5) is 5.69 Å². The van der Waals surface area contributed by atoms with Crippen molar-refractivity contribution in [1.82, 2.24) is 9.97 Å². The van der Waals surface area contributed by atoms with E-state index in [0.717, 1.165) is 80.4 Å². The van der Waals surface area contributed by atoms with Gasteiger partial charge in [-0.25, -0.2) is 0 Å². The number of nitrogens with zero attached hydrogens (tertiary/aromatic N) is 3. The number of aryl methyl sites for hydroxylation is 1. The van der Waals surface area contributed by atoms with E-state index < -0.39 is 5.41 Å². The molecular weight excluding hydrogens is 422 g/mol. The first-order valence-electron chi connectivity index (χ1n) is 12.8. The predicted molar refractivity (Wildman–Crippen MR) is 136 cm³/mol. The van der Waals surface area contributed by atoms with Crippen LogP contribution in [0.25, 0.3) is 22.0 Å². The Morgan fingerprint density at radius 2 is 1.82 bits per heavy atom. The summed E-state index contributed by atoms with van der Waals surface area (Å²) in [5.41, 5.74) is 19.6. The second kappa shape index (κ2) is 8.35. The number of carbonyl (C=O) groups excluding carboxylic acids is 1. The molecule has 6 nitrogen and oxygen atoms in total. The molecule has 2 fully saturated rings. The summed E-state index contributed by atoms with van der Waals surface area (Å²) in [6.45, 7) is 1.90. The van der Waals surface area contributed by atoms with Gasteiger partial charge in [-0.3, -0.25) is 14.8 Å². The normalized spacial score (nSPS) is 21.7. The lowest BCUT2D eigenvalue weighted by molar-refractivity contribution is -0.123. The van der Waals surface area contributed by atoms with Gasteiger partial charge in [-0.2, -0.15) is 0 Å². The Labute approximate surface area is 200 Å². The van der Waals surface area contributed by atoms with Gasteiger partial charge >= 0.3 is 0 Å². The second-order valence-corrected chi connectivity index (χ2v) is 10.4. The van der Waals surface area contributed by atoms with Gasteiger partial charge in [0.05, 0.1) is 22.3 Å². The van der Waals surface area contributed by atoms with Gasteiger partial charge in [0.2, 0.25) is 5.91 Å².